The van der Waals surface area contributed by atoms with Gasteiger partial charge in [-0.1, -0.05) is 18.2 Å². The van der Waals surface area contributed by atoms with Crippen LogP contribution in [0.5, 0.6) is 0 Å². The van der Waals surface area contributed by atoms with E-state index in [9.17, 15) is 18.7 Å². The molecule has 0 aliphatic carbocycles. The largest absolute Gasteiger partial charge is 0.481 e. The first-order chi connectivity index (χ1) is 15.4. The van der Waals surface area contributed by atoms with E-state index >= 15 is 0 Å². The van der Waals surface area contributed by atoms with Gasteiger partial charge in [0, 0.05) is 36.4 Å². The predicted octanol–water partition coefficient (Wildman–Crippen LogP) is 6.18. The molecule has 0 saturated carbocycles. The molecule has 32 heavy (non-hydrogen) atoms. The fourth-order valence-corrected chi connectivity index (χ4v) is 4.40. The van der Waals surface area contributed by atoms with Crippen LogP contribution in [0.3, 0.4) is 0 Å². The average molecular weight is 443 g/mol. The number of pyridine rings is 1. The number of hydrogen-bond acceptors (Lipinski definition) is 4. The molecule has 0 fully saturated rings. The smallest absolute Gasteiger partial charge is 0.303 e. The second kappa shape index (κ2) is 9.67. The first-order valence-corrected chi connectivity index (χ1v) is 11.2. The van der Waals surface area contributed by atoms with Crippen LogP contribution < -0.4 is 5.32 Å². The molecular weight excluding hydrogens is 414 g/mol. The minimum absolute atomic E-state index is 0.269. The lowest BCUT2D eigenvalue weighted by Crippen LogP contribution is -2.22. The number of furan rings is 1. The van der Waals surface area contributed by atoms with Crippen LogP contribution in [-0.2, 0) is 17.6 Å². The molecule has 5 nitrogen and oxygen atoms in total. The Morgan fingerprint density at radius 2 is 2.09 bits per heavy atom. The fourth-order valence-electron chi connectivity index (χ4n) is 4.40. The Labute approximate surface area is 185 Å². The number of hydrogen-bond donors (Lipinski definition) is 2. The molecule has 7 heteroatoms. The van der Waals surface area contributed by atoms with Gasteiger partial charge in [0.15, 0.2) is 0 Å². The van der Waals surface area contributed by atoms with Crippen molar-refractivity contribution in [1.82, 2.24) is 4.98 Å². The van der Waals surface area contributed by atoms with Crippen molar-refractivity contribution in [2.24, 2.45) is 0 Å². The van der Waals surface area contributed by atoms with E-state index in [2.05, 4.69) is 16.4 Å². The average Bonchev–Trinajstić information content (AvgIpc) is 3.24. The van der Waals surface area contributed by atoms with E-state index in [4.69, 9.17) is 4.42 Å². The first-order valence-electron chi connectivity index (χ1n) is 11.2. The second-order valence-electron chi connectivity index (χ2n) is 8.62. The van der Waals surface area contributed by atoms with Crippen LogP contribution in [0.2, 0.25) is 0 Å². The SMILES string of the molecule is O=C(O)C[C@@H](CC(F)(F)CCCCc1ccc2c(n1)NCCC2)c1ccc2ccoc2c1. The predicted molar refractivity (Wildman–Crippen MR) is 119 cm³/mol. The van der Waals surface area contributed by atoms with Gasteiger partial charge in [-0.15, -0.1) is 0 Å². The summed E-state index contributed by atoms with van der Waals surface area (Å²) in [5.74, 6) is -3.88. The van der Waals surface area contributed by atoms with Gasteiger partial charge < -0.3 is 14.8 Å². The lowest BCUT2D eigenvalue weighted by atomic mass is 9.88. The molecule has 1 aromatic carbocycles. The van der Waals surface area contributed by atoms with Crippen LogP contribution in [0.15, 0.2) is 47.1 Å². The number of rotatable bonds is 10. The lowest BCUT2D eigenvalue weighted by molar-refractivity contribution is -0.138. The number of halogens is 2. The lowest BCUT2D eigenvalue weighted by Gasteiger charge is -2.23. The molecule has 0 amide bonds. The Hall–Kier alpha value is -2.96. The molecule has 3 aromatic rings. The number of carboxylic acids is 1. The van der Waals surface area contributed by atoms with Crippen molar-refractivity contribution in [3.8, 4) is 0 Å². The Bertz CT molecular complexity index is 1080. The number of aryl methyl sites for hydroxylation is 2. The number of benzene rings is 1. The van der Waals surface area contributed by atoms with E-state index in [1.165, 1.54) is 11.8 Å². The minimum atomic E-state index is -2.94. The van der Waals surface area contributed by atoms with Gasteiger partial charge in [0.1, 0.15) is 11.4 Å². The Balaban J connectivity index is 1.33. The van der Waals surface area contributed by atoms with Crippen molar-refractivity contribution in [2.75, 3.05) is 11.9 Å². The summed E-state index contributed by atoms with van der Waals surface area (Å²) in [6.07, 6.45) is 4.17. The molecular formula is C25H28F2N2O3. The van der Waals surface area contributed by atoms with Gasteiger partial charge in [-0.05, 0) is 61.4 Å². The highest BCUT2D eigenvalue weighted by Crippen LogP contribution is 2.37. The summed E-state index contributed by atoms with van der Waals surface area (Å²) >= 11 is 0. The number of aliphatic carboxylic acids is 1. The quantitative estimate of drug-likeness (QED) is 0.367. The molecule has 0 spiro atoms. The zero-order chi connectivity index (χ0) is 22.6. The molecule has 4 rings (SSSR count). The van der Waals surface area contributed by atoms with Gasteiger partial charge in [-0.2, -0.15) is 0 Å². The summed E-state index contributed by atoms with van der Waals surface area (Å²) in [5.41, 5.74) is 3.27. The summed E-state index contributed by atoms with van der Waals surface area (Å²) in [7, 11) is 0. The van der Waals surface area contributed by atoms with Crippen molar-refractivity contribution < 1.29 is 23.1 Å². The van der Waals surface area contributed by atoms with E-state index in [1.54, 1.807) is 24.3 Å². The second-order valence-corrected chi connectivity index (χ2v) is 8.62. The van der Waals surface area contributed by atoms with Crippen molar-refractivity contribution in [3.05, 3.63) is 59.5 Å². The van der Waals surface area contributed by atoms with Crippen LogP contribution in [0.25, 0.3) is 11.0 Å². The van der Waals surface area contributed by atoms with Crippen LogP contribution in [0, 0.1) is 0 Å². The van der Waals surface area contributed by atoms with Gasteiger partial charge >= 0.3 is 5.97 Å². The van der Waals surface area contributed by atoms with E-state index in [0.717, 1.165) is 36.3 Å². The molecule has 1 aliphatic rings. The summed E-state index contributed by atoms with van der Waals surface area (Å²) in [6.45, 7) is 0.917. The third-order valence-corrected chi connectivity index (χ3v) is 6.09. The van der Waals surface area contributed by atoms with Gasteiger partial charge in [0.25, 0.3) is 0 Å². The monoisotopic (exact) mass is 442 g/mol. The van der Waals surface area contributed by atoms with E-state index in [1.807, 2.05) is 6.07 Å². The Morgan fingerprint density at radius 1 is 1.22 bits per heavy atom. The van der Waals surface area contributed by atoms with Crippen LogP contribution in [0.1, 0.15) is 61.3 Å². The molecule has 0 saturated heterocycles. The highest BCUT2D eigenvalue weighted by atomic mass is 19.3. The Kier molecular flexibility index (Phi) is 6.72. The zero-order valence-corrected chi connectivity index (χ0v) is 17.9. The first kappa shape index (κ1) is 22.2. The number of nitrogens with one attached hydrogen (secondary N) is 1. The molecule has 3 heterocycles. The number of nitrogens with zero attached hydrogens (tertiary/aromatic N) is 1. The molecule has 1 aliphatic heterocycles. The highest BCUT2D eigenvalue weighted by Gasteiger charge is 2.34. The number of carboxylic acid groups (broad SMARTS) is 1. The van der Waals surface area contributed by atoms with Crippen molar-refractivity contribution in [2.45, 2.75) is 63.2 Å². The third-order valence-electron chi connectivity index (χ3n) is 6.09. The number of alkyl halides is 2. The molecule has 0 radical (unpaired) electrons. The van der Waals surface area contributed by atoms with Gasteiger partial charge in [0.2, 0.25) is 5.92 Å². The zero-order valence-electron chi connectivity index (χ0n) is 17.9. The van der Waals surface area contributed by atoms with Crippen molar-refractivity contribution >= 4 is 22.8 Å². The summed E-state index contributed by atoms with van der Waals surface area (Å²) < 4.78 is 34.9. The van der Waals surface area contributed by atoms with Crippen molar-refractivity contribution in [1.29, 1.82) is 0 Å². The van der Waals surface area contributed by atoms with E-state index in [0.29, 0.717) is 30.4 Å². The number of aromatic nitrogens is 1. The molecule has 0 bridgehead atoms. The van der Waals surface area contributed by atoms with Gasteiger partial charge in [-0.3, -0.25) is 4.79 Å². The summed E-state index contributed by atoms with van der Waals surface area (Å²) in [5, 5.41) is 13.4. The van der Waals surface area contributed by atoms with Crippen LogP contribution >= 0.6 is 0 Å². The highest BCUT2D eigenvalue weighted by molar-refractivity contribution is 5.78. The number of fused-ring (bicyclic) bond motifs is 2. The van der Waals surface area contributed by atoms with Crippen molar-refractivity contribution in [3.63, 3.8) is 0 Å². The van der Waals surface area contributed by atoms with Crippen LogP contribution in [-0.4, -0.2) is 28.5 Å². The normalized spacial score (nSPS) is 14.7. The maximum absolute atomic E-state index is 14.8. The van der Waals surface area contributed by atoms with Gasteiger partial charge in [-0.25, -0.2) is 13.8 Å². The molecule has 2 N–H and O–H groups in total. The number of anilines is 1. The maximum atomic E-state index is 14.8. The maximum Gasteiger partial charge on any atom is 0.303 e. The molecule has 170 valence electrons. The summed E-state index contributed by atoms with van der Waals surface area (Å²) in [4.78, 5) is 15.9. The number of carbonyl (C=O) groups is 1. The third kappa shape index (κ3) is 5.64. The number of unbranched alkanes of at least 4 members (excludes halogenated alkanes) is 1. The van der Waals surface area contributed by atoms with Crippen LogP contribution in [0.4, 0.5) is 14.6 Å². The van der Waals surface area contributed by atoms with E-state index in [-0.39, 0.29) is 12.8 Å². The van der Waals surface area contributed by atoms with E-state index < -0.39 is 24.2 Å². The fraction of sp³-hybridized carbons (Fsp3) is 0.440. The minimum Gasteiger partial charge on any atom is -0.481 e. The van der Waals surface area contributed by atoms with Gasteiger partial charge in [0.05, 0.1) is 12.7 Å². The molecule has 0 unspecified atom stereocenters. The summed E-state index contributed by atoms with van der Waals surface area (Å²) in [6, 6.07) is 11.0. The standard InChI is InChI=1S/C25H28F2N2O3/c26-25(27,11-2-1-5-21-9-8-18-4-3-12-28-24(18)29-21)16-20(15-23(30)31)19-7-6-17-10-13-32-22(17)14-19/h6-10,13-14,20H,1-5,11-12,15-16H2,(H,28,29)(H,30,31)/t20-/m0/s1. The topological polar surface area (TPSA) is 75.4 Å². The molecule has 2 aromatic heterocycles. The molecule has 1 atom stereocenters. The Morgan fingerprint density at radius 3 is 2.94 bits per heavy atom.